The average Bonchev–Trinajstić information content (AvgIpc) is 2.59. The Balaban J connectivity index is 0.000000924. The van der Waals surface area contributed by atoms with E-state index in [4.69, 9.17) is 27.9 Å². The molecule has 3 rings (SSSR count). The lowest BCUT2D eigenvalue weighted by Gasteiger charge is -2.09. The van der Waals surface area contributed by atoms with Gasteiger partial charge < -0.3 is 4.74 Å². The van der Waals surface area contributed by atoms with Gasteiger partial charge in [-0.1, -0.05) is 55.8 Å². The fourth-order valence-corrected chi connectivity index (χ4v) is 2.12. The number of ether oxygens (including phenoxy) is 1. The zero-order chi connectivity index (χ0) is 16.8. The van der Waals surface area contributed by atoms with Crippen LogP contribution in [0.1, 0.15) is 19.4 Å². The number of fused-ring (bicyclic) bond motifs is 1. The fourth-order valence-electron chi connectivity index (χ4n) is 1.82. The molecule has 0 fully saturated rings. The van der Waals surface area contributed by atoms with Gasteiger partial charge in [0.05, 0.1) is 5.39 Å². The first-order valence-corrected chi connectivity index (χ1v) is 7.74. The van der Waals surface area contributed by atoms with Crippen LogP contribution in [0.25, 0.3) is 10.9 Å². The van der Waals surface area contributed by atoms with Crippen molar-refractivity contribution in [3.63, 3.8) is 0 Å². The van der Waals surface area contributed by atoms with E-state index in [0.29, 0.717) is 5.39 Å². The Morgan fingerprint density at radius 2 is 1.78 bits per heavy atom. The second-order valence-electron chi connectivity index (χ2n) is 4.20. The molecule has 2 aromatic heterocycles. The van der Waals surface area contributed by atoms with E-state index in [1.165, 1.54) is 6.20 Å². The lowest BCUT2D eigenvalue weighted by atomic mass is 10.2. The topological polar surface area (TPSA) is 47.9 Å². The molecule has 23 heavy (non-hydrogen) atoms. The van der Waals surface area contributed by atoms with Crippen molar-refractivity contribution < 1.29 is 9.13 Å². The zero-order valence-corrected chi connectivity index (χ0v) is 14.1. The average molecular weight is 354 g/mol. The Morgan fingerprint density at radius 3 is 2.48 bits per heavy atom. The van der Waals surface area contributed by atoms with Gasteiger partial charge in [0.25, 0.3) is 0 Å². The van der Waals surface area contributed by atoms with Gasteiger partial charge in [-0.25, -0.2) is 14.4 Å². The third-order valence-corrected chi connectivity index (χ3v) is 3.23. The normalized spacial score (nSPS) is 10.1. The fraction of sp³-hybridized carbons (Fsp3) is 0.188. The minimum atomic E-state index is -0.747. The predicted molar refractivity (Wildman–Crippen MR) is 89.4 cm³/mol. The second-order valence-corrected chi connectivity index (χ2v) is 4.89. The maximum atomic E-state index is 13.9. The highest BCUT2D eigenvalue weighted by Crippen LogP contribution is 2.28. The largest absolute Gasteiger partial charge is 0.472 e. The summed E-state index contributed by atoms with van der Waals surface area (Å²) in [5.74, 6) is -0.583. The highest BCUT2D eigenvalue weighted by Gasteiger charge is 2.15. The Bertz CT molecular complexity index is 800. The summed E-state index contributed by atoms with van der Waals surface area (Å²) in [7, 11) is 0. The molecular weight excluding hydrogens is 340 g/mol. The van der Waals surface area contributed by atoms with Crippen LogP contribution in [-0.4, -0.2) is 15.0 Å². The Labute approximate surface area is 143 Å². The first-order chi connectivity index (χ1) is 11.1. The van der Waals surface area contributed by atoms with Crippen molar-refractivity contribution in [3.8, 4) is 5.88 Å². The van der Waals surface area contributed by atoms with Crippen LogP contribution in [0.4, 0.5) is 4.39 Å². The highest BCUT2D eigenvalue weighted by atomic mass is 35.5. The van der Waals surface area contributed by atoms with E-state index in [-0.39, 0.29) is 28.4 Å². The number of rotatable bonds is 3. The highest BCUT2D eigenvalue weighted by molar-refractivity contribution is 6.30. The maximum Gasteiger partial charge on any atom is 0.227 e. The van der Waals surface area contributed by atoms with Gasteiger partial charge in [0.2, 0.25) is 11.2 Å². The van der Waals surface area contributed by atoms with E-state index in [1.54, 1.807) is 0 Å². The van der Waals surface area contributed by atoms with Crippen LogP contribution >= 0.6 is 23.2 Å². The molecule has 0 spiro atoms. The van der Waals surface area contributed by atoms with Crippen molar-refractivity contribution in [2.45, 2.75) is 20.5 Å². The number of pyridine rings is 1. The molecule has 3 aromatic rings. The number of nitrogens with zero attached hydrogens (tertiary/aromatic N) is 3. The van der Waals surface area contributed by atoms with Crippen molar-refractivity contribution in [2.75, 3.05) is 0 Å². The molecule has 0 aliphatic carbocycles. The smallest absolute Gasteiger partial charge is 0.227 e. The number of aromatic nitrogens is 3. The van der Waals surface area contributed by atoms with Gasteiger partial charge in [-0.15, -0.1) is 0 Å². The standard InChI is InChI=1S/C14H8Cl2FN3O.C2H6/c15-12-10(17)11-9(6-18-12)13(20-14(16)19-11)21-7-8-4-2-1-3-5-8;1-2/h1-6H,7H2;1-2H3. The van der Waals surface area contributed by atoms with Gasteiger partial charge in [-0.2, -0.15) is 4.98 Å². The molecule has 0 saturated heterocycles. The maximum absolute atomic E-state index is 13.9. The summed E-state index contributed by atoms with van der Waals surface area (Å²) in [6.07, 6.45) is 1.36. The lowest BCUT2D eigenvalue weighted by Crippen LogP contribution is -2.01. The van der Waals surface area contributed by atoms with E-state index in [0.717, 1.165) is 5.56 Å². The van der Waals surface area contributed by atoms with Crippen molar-refractivity contribution in [1.82, 2.24) is 15.0 Å². The van der Waals surface area contributed by atoms with Crippen molar-refractivity contribution >= 4 is 34.1 Å². The van der Waals surface area contributed by atoms with Crippen LogP contribution in [0.5, 0.6) is 5.88 Å². The van der Waals surface area contributed by atoms with Gasteiger partial charge in [0, 0.05) is 6.20 Å². The minimum absolute atomic E-state index is 0.0157. The number of benzene rings is 1. The summed E-state index contributed by atoms with van der Waals surface area (Å²) in [6, 6.07) is 9.50. The van der Waals surface area contributed by atoms with E-state index < -0.39 is 5.82 Å². The number of halogens is 3. The molecule has 0 aliphatic heterocycles. The minimum Gasteiger partial charge on any atom is -0.472 e. The van der Waals surface area contributed by atoms with Crippen LogP contribution in [0.2, 0.25) is 10.4 Å². The van der Waals surface area contributed by atoms with Gasteiger partial charge in [-0.3, -0.25) is 0 Å². The van der Waals surface area contributed by atoms with Crippen molar-refractivity contribution in [2.24, 2.45) is 0 Å². The van der Waals surface area contributed by atoms with E-state index >= 15 is 0 Å². The number of hydrogen-bond donors (Lipinski definition) is 0. The van der Waals surface area contributed by atoms with Crippen LogP contribution < -0.4 is 4.74 Å². The SMILES string of the molecule is CC.Fc1c(Cl)ncc2c(OCc3ccccc3)nc(Cl)nc12. The van der Waals surface area contributed by atoms with Crippen molar-refractivity contribution in [1.29, 1.82) is 0 Å². The molecular formula is C16H14Cl2FN3O. The molecule has 0 bridgehead atoms. The monoisotopic (exact) mass is 353 g/mol. The summed E-state index contributed by atoms with van der Waals surface area (Å²) in [5, 5.41) is -0.0739. The van der Waals surface area contributed by atoms with Crippen LogP contribution in [0, 0.1) is 5.82 Å². The molecule has 1 aromatic carbocycles. The molecule has 0 aliphatic rings. The molecule has 0 amide bonds. The third kappa shape index (κ3) is 4.06. The Hall–Kier alpha value is -1.98. The predicted octanol–water partition coefficient (Wildman–Crippen LogP) is 5.08. The van der Waals surface area contributed by atoms with Crippen LogP contribution in [-0.2, 0) is 6.61 Å². The lowest BCUT2D eigenvalue weighted by molar-refractivity contribution is 0.297. The molecule has 2 heterocycles. The van der Waals surface area contributed by atoms with Crippen molar-refractivity contribution in [3.05, 3.63) is 58.3 Å². The quantitative estimate of drug-likeness (QED) is 0.486. The van der Waals surface area contributed by atoms with Gasteiger partial charge >= 0.3 is 0 Å². The molecule has 0 radical (unpaired) electrons. The van der Waals surface area contributed by atoms with Gasteiger partial charge in [0.1, 0.15) is 12.1 Å². The number of hydrogen-bond acceptors (Lipinski definition) is 4. The molecule has 0 unspecified atom stereocenters. The van der Waals surface area contributed by atoms with Crippen LogP contribution in [0.3, 0.4) is 0 Å². The Morgan fingerprint density at radius 1 is 1.09 bits per heavy atom. The Kier molecular flexibility index (Phi) is 6.07. The molecule has 4 nitrogen and oxygen atoms in total. The van der Waals surface area contributed by atoms with E-state index in [1.807, 2.05) is 44.2 Å². The summed E-state index contributed by atoms with van der Waals surface area (Å²) >= 11 is 11.4. The van der Waals surface area contributed by atoms with Gasteiger partial charge in [-0.05, 0) is 17.2 Å². The molecule has 0 atom stereocenters. The first kappa shape index (κ1) is 17.4. The molecule has 120 valence electrons. The first-order valence-electron chi connectivity index (χ1n) is 6.99. The zero-order valence-electron chi connectivity index (χ0n) is 12.6. The summed E-state index contributed by atoms with van der Waals surface area (Å²) < 4.78 is 19.5. The summed E-state index contributed by atoms with van der Waals surface area (Å²) in [4.78, 5) is 11.5. The van der Waals surface area contributed by atoms with E-state index in [9.17, 15) is 4.39 Å². The molecule has 7 heteroatoms. The molecule has 0 N–H and O–H groups in total. The van der Waals surface area contributed by atoms with E-state index in [2.05, 4.69) is 15.0 Å². The summed E-state index contributed by atoms with van der Waals surface area (Å²) in [5.41, 5.74) is 0.931. The molecule has 0 saturated carbocycles. The third-order valence-electron chi connectivity index (χ3n) is 2.80. The van der Waals surface area contributed by atoms with Gasteiger partial charge in [0.15, 0.2) is 11.0 Å². The summed E-state index contributed by atoms with van der Waals surface area (Å²) in [6.45, 7) is 4.27. The second kappa shape index (κ2) is 8.04. The van der Waals surface area contributed by atoms with Crippen LogP contribution in [0.15, 0.2) is 36.5 Å².